The molecule has 136 valence electrons. The van der Waals surface area contributed by atoms with Crippen molar-refractivity contribution >= 4 is 17.8 Å². The molecule has 2 fully saturated rings. The molecule has 0 bridgehead atoms. The molecule has 0 spiro atoms. The van der Waals surface area contributed by atoms with Crippen molar-refractivity contribution in [2.24, 2.45) is 5.92 Å². The SMILES string of the molecule is CCOCCCNC(=O)NC(=O)C[NH+]1CCN(C(=O)C2CC2)CC1. The predicted octanol–water partition coefficient (Wildman–Crippen LogP) is -1.62. The fourth-order valence-electron chi connectivity index (χ4n) is 2.77. The highest BCUT2D eigenvalue weighted by Gasteiger charge is 2.35. The maximum absolute atomic E-state index is 12.0. The number of imide groups is 1. The lowest BCUT2D eigenvalue weighted by molar-refractivity contribution is -0.896. The molecule has 1 aliphatic heterocycles. The van der Waals surface area contributed by atoms with Gasteiger partial charge in [-0.15, -0.1) is 0 Å². The number of nitrogens with one attached hydrogen (secondary N) is 3. The van der Waals surface area contributed by atoms with Crippen molar-refractivity contribution in [1.29, 1.82) is 0 Å². The Labute approximate surface area is 142 Å². The quantitative estimate of drug-likeness (QED) is 0.463. The number of amides is 4. The second-order valence-electron chi connectivity index (χ2n) is 6.38. The molecule has 3 N–H and O–H groups in total. The van der Waals surface area contributed by atoms with Gasteiger partial charge in [-0.05, 0) is 26.2 Å². The first kappa shape index (κ1) is 18.7. The van der Waals surface area contributed by atoms with E-state index in [2.05, 4.69) is 10.6 Å². The standard InChI is InChI=1S/C16H28N4O4/c1-2-24-11-3-6-17-16(23)18-14(21)12-19-7-9-20(10-8-19)15(22)13-4-5-13/h13H,2-12H2,1H3,(H2,17,18,21,23)/p+1. The van der Waals surface area contributed by atoms with Gasteiger partial charge in [-0.1, -0.05) is 0 Å². The van der Waals surface area contributed by atoms with Gasteiger partial charge in [0.15, 0.2) is 6.54 Å². The molecule has 8 heteroatoms. The summed E-state index contributed by atoms with van der Waals surface area (Å²) >= 11 is 0. The van der Waals surface area contributed by atoms with Gasteiger partial charge in [0.2, 0.25) is 5.91 Å². The van der Waals surface area contributed by atoms with Gasteiger partial charge in [0.05, 0.1) is 26.2 Å². The van der Waals surface area contributed by atoms with Crippen LogP contribution in [-0.4, -0.2) is 75.2 Å². The fraction of sp³-hybridized carbons (Fsp3) is 0.812. The number of rotatable bonds is 8. The molecule has 2 aliphatic rings. The smallest absolute Gasteiger partial charge is 0.321 e. The lowest BCUT2D eigenvalue weighted by Gasteiger charge is -2.31. The summed E-state index contributed by atoms with van der Waals surface area (Å²) < 4.78 is 5.17. The van der Waals surface area contributed by atoms with Crippen LogP contribution in [0.25, 0.3) is 0 Å². The van der Waals surface area contributed by atoms with Crippen LogP contribution >= 0.6 is 0 Å². The van der Waals surface area contributed by atoms with Gasteiger partial charge in [-0.25, -0.2) is 4.79 Å². The summed E-state index contributed by atoms with van der Waals surface area (Å²) in [4.78, 5) is 38.5. The lowest BCUT2D eigenvalue weighted by Crippen LogP contribution is -3.16. The van der Waals surface area contributed by atoms with E-state index in [4.69, 9.17) is 4.74 Å². The van der Waals surface area contributed by atoms with E-state index in [9.17, 15) is 14.4 Å². The van der Waals surface area contributed by atoms with E-state index in [1.807, 2.05) is 11.8 Å². The average molecular weight is 341 g/mol. The van der Waals surface area contributed by atoms with E-state index >= 15 is 0 Å². The number of quaternary nitrogens is 1. The second-order valence-corrected chi connectivity index (χ2v) is 6.38. The molecule has 2 rings (SSSR count). The fourth-order valence-corrected chi connectivity index (χ4v) is 2.77. The number of ether oxygens (including phenoxy) is 1. The summed E-state index contributed by atoms with van der Waals surface area (Å²) in [6, 6.07) is -0.460. The predicted molar refractivity (Wildman–Crippen MR) is 87.5 cm³/mol. The molecule has 1 saturated heterocycles. The summed E-state index contributed by atoms with van der Waals surface area (Å²) in [6.45, 7) is 6.81. The van der Waals surface area contributed by atoms with E-state index in [0.717, 1.165) is 37.3 Å². The Morgan fingerprint density at radius 2 is 1.92 bits per heavy atom. The van der Waals surface area contributed by atoms with Gasteiger partial charge in [0, 0.05) is 25.7 Å². The third-order valence-electron chi connectivity index (χ3n) is 4.33. The van der Waals surface area contributed by atoms with E-state index in [1.54, 1.807) is 0 Å². The van der Waals surface area contributed by atoms with E-state index in [0.29, 0.717) is 32.8 Å². The van der Waals surface area contributed by atoms with Gasteiger partial charge in [-0.3, -0.25) is 14.9 Å². The topological polar surface area (TPSA) is 92.2 Å². The number of carbonyl (C=O) groups is 3. The van der Waals surface area contributed by atoms with Crippen LogP contribution in [0.15, 0.2) is 0 Å². The number of urea groups is 1. The zero-order valence-electron chi connectivity index (χ0n) is 14.4. The van der Waals surface area contributed by atoms with Crippen LogP contribution in [0.2, 0.25) is 0 Å². The highest BCUT2D eigenvalue weighted by molar-refractivity contribution is 5.94. The van der Waals surface area contributed by atoms with Crippen LogP contribution in [0.3, 0.4) is 0 Å². The zero-order valence-corrected chi connectivity index (χ0v) is 14.4. The Kier molecular flexibility index (Phi) is 7.45. The molecular formula is C16H29N4O4+. The van der Waals surface area contributed by atoms with Crippen LogP contribution in [0.5, 0.6) is 0 Å². The summed E-state index contributed by atoms with van der Waals surface area (Å²) in [5.41, 5.74) is 0. The first-order chi connectivity index (χ1) is 11.6. The number of carbonyl (C=O) groups excluding carboxylic acids is 3. The molecule has 0 aromatic carbocycles. The van der Waals surface area contributed by atoms with Gasteiger partial charge in [-0.2, -0.15) is 0 Å². The maximum Gasteiger partial charge on any atom is 0.321 e. The number of hydrogen-bond acceptors (Lipinski definition) is 4. The summed E-state index contributed by atoms with van der Waals surface area (Å²) in [7, 11) is 0. The maximum atomic E-state index is 12.0. The van der Waals surface area contributed by atoms with Crippen LogP contribution in [-0.2, 0) is 14.3 Å². The highest BCUT2D eigenvalue weighted by atomic mass is 16.5. The zero-order chi connectivity index (χ0) is 17.4. The molecule has 1 saturated carbocycles. The average Bonchev–Trinajstić information content (AvgIpc) is 3.39. The normalized spacial score (nSPS) is 18.3. The van der Waals surface area contributed by atoms with E-state index < -0.39 is 6.03 Å². The minimum Gasteiger partial charge on any atom is -0.382 e. The van der Waals surface area contributed by atoms with Crippen molar-refractivity contribution in [1.82, 2.24) is 15.5 Å². The molecule has 1 heterocycles. The van der Waals surface area contributed by atoms with Crippen molar-refractivity contribution in [3.63, 3.8) is 0 Å². The Morgan fingerprint density at radius 1 is 1.21 bits per heavy atom. The van der Waals surface area contributed by atoms with Crippen LogP contribution in [0.4, 0.5) is 4.79 Å². The molecule has 1 aliphatic carbocycles. The molecule has 8 nitrogen and oxygen atoms in total. The second kappa shape index (κ2) is 9.58. The Hall–Kier alpha value is -1.67. The number of hydrogen-bond donors (Lipinski definition) is 3. The van der Waals surface area contributed by atoms with Gasteiger partial charge in [0.25, 0.3) is 5.91 Å². The Balaban J connectivity index is 1.55. The molecule has 0 aromatic heterocycles. The van der Waals surface area contributed by atoms with E-state index in [1.165, 1.54) is 0 Å². The molecule has 0 unspecified atom stereocenters. The van der Waals surface area contributed by atoms with Crippen LogP contribution in [0, 0.1) is 5.92 Å². The first-order valence-corrected chi connectivity index (χ1v) is 8.88. The Bertz CT molecular complexity index is 445. The number of piperazine rings is 1. The molecule has 0 atom stereocenters. The third kappa shape index (κ3) is 6.45. The molecule has 24 heavy (non-hydrogen) atoms. The van der Waals surface area contributed by atoms with Crippen molar-refractivity contribution in [2.45, 2.75) is 26.2 Å². The molecular weight excluding hydrogens is 312 g/mol. The van der Waals surface area contributed by atoms with Gasteiger partial charge in [0.1, 0.15) is 0 Å². The van der Waals surface area contributed by atoms with Crippen LogP contribution < -0.4 is 15.5 Å². The summed E-state index contributed by atoms with van der Waals surface area (Å²) in [5.74, 6) is 0.237. The van der Waals surface area contributed by atoms with E-state index in [-0.39, 0.29) is 24.3 Å². The van der Waals surface area contributed by atoms with Crippen molar-refractivity contribution in [2.75, 3.05) is 52.5 Å². The van der Waals surface area contributed by atoms with Gasteiger partial charge < -0.3 is 19.9 Å². The first-order valence-electron chi connectivity index (χ1n) is 8.88. The van der Waals surface area contributed by atoms with Crippen molar-refractivity contribution < 1.29 is 24.0 Å². The molecule has 4 amide bonds. The lowest BCUT2D eigenvalue weighted by atomic mass is 10.2. The molecule has 0 radical (unpaired) electrons. The minimum atomic E-state index is -0.460. The third-order valence-corrected chi connectivity index (χ3v) is 4.33. The van der Waals surface area contributed by atoms with Crippen LogP contribution in [0.1, 0.15) is 26.2 Å². The largest absolute Gasteiger partial charge is 0.382 e. The Morgan fingerprint density at radius 3 is 2.54 bits per heavy atom. The monoisotopic (exact) mass is 341 g/mol. The van der Waals surface area contributed by atoms with Crippen molar-refractivity contribution in [3.8, 4) is 0 Å². The minimum absolute atomic E-state index is 0.251. The summed E-state index contributed by atoms with van der Waals surface area (Å²) in [6.07, 6.45) is 2.76. The molecule has 0 aromatic rings. The van der Waals surface area contributed by atoms with Crippen molar-refractivity contribution in [3.05, 3.63) is 0 Å². The number of nitrogens with zero attached hydrogens (tertiary/aromatic N) is 1. The highest BCUT2D eigenvalue weighted by Crippen LogP contribution is 2.30. The van der Waals surface area contributed by atoms with Gasteiger partial charge >= 0.3 is 6.03 Å². The summed E-state index contributed by atoms with van der Waals surface area (Å²) in [5, 5.41) is 4.99.